The molecule has 1 heterocycles. The highest BCUT2D eigenvalue weighted by molar-refractivity contribution is 6.11. The fourth-order valence-electron chi connectivity index (χ4n) is 3.22. The first-order valence-corrected chi connectivity index (χ1v) is 8.69. The fraction of sp³-hybridized carbons (Fsp3) is 0.286. The number of amides is 1. The zero-order valence-corrected chi connectivity index (χ0v) is 15.1. The Balaban J connectivity index is 2.27. The van der Waals surface area contributed by atoms with Crippen LogP contribution in [0.4, 0.5) is 4.39 Å². The largest absolute Gasteiger partial charge is 0.455 e. The Bertz CT molecular complexity index is 942. The normalized spacial score (nSPS) is 12.3. The van der Waals surface area contributed by atoms with Crippen LogP contribution in [0.3, 0.4) is 0 Å². The van der Waals surface area contributed by atoms with E-state index >= 15 is 0 Å². The fourth-order valence-corrected chi connectivity index (χ4v) is 3.22. The Morgan fingerprint density at radius 2 is 1.92 bits per heavy atom. The van der Waals surface area contributed by atoms with Crippen LogP contribution in [0.25, 0.3) is 22.3 Å². The van der Waals surface area contributed by atoms with E-state index in [0.29, 0.717) is 28.9 Å². The zero-order chi connectivity index (χ0) is 18.8. The number of halogens is 1. The maximum atomic E-state index is 13.3. The summed E-state index contributed by atoms with van der Waals surface area (Å²) in [6.07, 6.45) is 0.825. The molecule has 5 heteroatoms. The van der Waals surface area contributed by atoms with Crippen molar-refractivity contribution in [2.45, 2.75) is 32.8 Å². The van der Waals surface area contributed by atoms with Gasteiger partial charge in [-0.2, -0.15) is 0 Å². The molecule has 136 valence electrons. The van der Waals surface area contributed by atoms with Gasteiger partial charge in [0.05, 0.1) is 11.7 Å². The number of hydrogen-bond donors (Lipinski definition) is 2. The number of aliphatic hydroxyl groups excluding tert-OH is 1. The summed E-state index contributed by atoms with van der Waals surface area (Å²) in [6, 6.07) is 9.71. The van der Waals surface area contributed by atoms with Gasteiger partial charge < -0.3 is 14.8 Å². The van der Waals surface area contributed by atoms with Crippen molar-refractivity contribution in [3.8, 4) is 11.3 Å². The number of fused-ring (bicyclic) bond motifs is 1. The van der Waals surface area contributed by atoms with E-state index in [-0.39, 0.29) is 11.7 Å². The molecular formula is C21H22FNO3. The molecule has 1 unspecified atom stereocenters. The molecule has 0 aliphatic carbocycles. The van der Waals surface area contributed by atoms with Crippen molar-refractivity contribution in [2.75, 3.05) is 7.05 Å². The van der Waals surface area contributed by atoms with E-state index in [1.807, 2.05) is 19.1 Å². The lowest BCUT2D eigenvalue weighted by Gasteiger charge is -2.10. The van der Waals surface area contributed by atoms with E-state index in [2.05, 4.69) is 5.32 Å². The van der Waals surface area contributed by atoms with Crippen LogP contribution >= 0.6 is 0 Å². The smallest absolute Gasteiger partial charge is 0.255 e. The molecule has 1 aromatic heterocycles. The third-order valence-electron chi connectivity index (χ3n) is 4.47. The predicted octanol–water partition coefficient (Wildman–Crippen LogP) is 4.08. The summed E-state index contributed by atoms with van der Waals surface area (Å²) in [7, 11) is 1.57. The van der Waals surface area contributed by atoms with Gasteiger partial charge in [0.2, 0.25) is 0 Å². The number of rotatable bonds is 5. The summed E-state index contributed by atoms with van der Waals surface area (Å²) >= 11 is 0. The molecule has 3 rings (SSSR count). The zero-order valence-electron chi connectivity index (χ0n) is 15.1. The average molecular weight is 355 g/mol. The number of furan rings is 1. The van der Waals surface area contributed by atoms with Crippen molar-refractivity contribution in [2.24, 2.45) is 0 Å². The molecule has 0 bridgehead atoms. The minimum absolute atomic E-state index is 0.256. The van der Waals surface area contributed by atoms with E-state index in [1.54, 1.807) is 26.1 Å². The number of aryl methyl sites for hydroxylation is 1. The molecule has 0 spiro atoms. The van der Waals surface area contributed by atoms with E-state index < -0.39 is 6.10 Å². The minimum atomic E-state index is -0.470. The van der Waals surface area contributed by atoms with Crippen LogP contribution in [0, 0.1) is 5.82 Å². The molecule has 0 fully saturated rings. The maximum absolute atomic E-state index is 13.3. The third kappa shape index (κ3) is 3.35. The summed E-state index contributed by atoms with van der Waals surface area (Å²) in [4.78, 5) is 12.5. The first-order valence-electron chi connectivity index (χ1n) is 8.69. The van der Waals surface area contributed by atoms with Gasteiger partial charge in [0, 0.05) is 18.0 Å². The molecule has 0 saturated carbocycles. The Morgan fingerprint density at radius 1 is 1.23 bits per heavy atom. The van der Waals surface area contributed by atoms with Gasteiger partial charge in [-0.05, 0) is 67.3 Å². The molecular weight excluding hydrogens is 333 g/mol. The Kier molecular flexibility index (Phi) is 5.09. The molecule has 3 aromatic rings. The molecule has 1 amide bonds. The van der Waals surface area contributed by atoms with Gasteiger partial charge in [-0.15, -0.1) is 0 Å². The van der Waals surface area contributed by atoms with Crippen molar-refractivity contribution < 1.29 is 18.7 Å². The van der Waals surface area contributed by atoms with Gasteiger partial charge in [-0.25, -0.2) is 4.39 Å². The number of benzene rings is 2. The molecule has 26 heavy (non-hydrogen) atoms. The Morgan fingerprint density at radius 3 is 2.50 bits per heavy atom. The number of carbonyl (C=O) groups excluding carboxylic acids is 1. The summed E-state index contributed by atoms with van der Waals surface area (Å²) < 4.78 is 19.3. The second-order valence-corrected chi connectivity index (χ2v) is 6.42. The van der Waals surface area contributed by atoms with Crippen LogP contribution in [0.15, 0.2) is 40.8 Å². The van der Waals surface area contributed by atoms with Crippen LogP contribution in [-0.2, 0) is 12.8 Å². The van der Waals surface area contributed by atoms with E-state index in [4.69, 9.17) is 4.42 Å². The highest BCUT2D eigenvalue weighted by atomic mass is 19.1. The van der Waals surface area contributed by atoms with Gasteiger partial charge in [0.25, 0.3) is 5.91 Å². The topological polar surface area (TPSA) is 62.5 Å². The monoisotopic (exact) mass is 355 g/mol. The van der Waals surface area contributed by atoms with Gasteiger partial charge in [-0.3, -0.25) is 4.79 Å². The molecule has 1 atom stereocenters. The number of hydrogen-bond acceptors (Lipinski definition) is 3. The van der Waals surface area contributed by atoms with Crippen molar-refractivity contribution in [1.29, 1.82) is 0 Å². The van der Waals surface area contributed by atoms with Crippen molar-refractivity contribution in [3.05, 3.63) is 58.9 Å². The van der Waals surface area contributed by atoms with Gasteiger partial charge >= 0.3 is 0 Å². The van der Waals surface area contributed by atoms with Gasteiger partial charge in [0.1, 0.15) is 17.2 Å². The molecule has 0 radical (unpaired) electrons. The lowest BCUT2D eigenvalue weighted by Crippen LogP contribution is -2.18. The van der Waals surface area contributed by atoms with Crippen LogP contribution in [0.1, 0.15) is 35.3 Å². The van der Waals surface area contributed by atoms with E-state index in [1.165, 1.54) is 12.1 Å². The van der Waals surface area contributed by atoms with Crippen molar-refractivity contribution >= 4 is 16.9 Å². The highest BCUT2D eigenvalue weighted by Gasteiger charge is 2.23. The Labute approximate surface area is 151 Å². The summed E-state index contributed by atoms with van der Waals surface area (Å²) in [6.45, 7) is 3.78. The maximum Gasteiger partial charge on any atom is 0.255 e. The SMILES string of the molecule is CCc1cc2c(C(=O)NC)c(-c3ccc(F)cc3)oc2cc1CC(C)O. The average Bonchev–Trinajstić information content (AvgIpc) is 2.98. The lowest BCUT2D eigenvalue weighted by molar-refractivity contribution is 0.0964. The lowest BCUT2D eigenvalue weighted by atomic mass is 9.96. The van der Waals surface area contributed by atoms with Gasteiger partial charge in [-0.1, -0.05) is 6.92 Å². The predicted molar refractivity (Wildman–Crippen MR) is 99.8 cm³/mol. The molecule has 0 aliphatic rings. The molecule has 4 nitrogen and oxygen atoms in total. The minimum Gasteiger partial charge on any atom is -0.455 e. The second-order valence-electron chi connectivity index (χ2n) is 6.42. The summed E-state index contributed by atoms with van der Waals surface area (Å²) in [5.74, 6) is -0.192. The van der Waals surface area contributed by atoms with Crippen LogP contribution in [0.5, 0.6) is 0 Å². The summed E-state index contributed by atoms with van der Waals surface area (Å²) in [5.41, 5.74) is 3.72. The van der Waals surface area contributed by atoms with Crippen LogP contribution in [0.2, 0.25) is 0 Å². The molecule has 2 aromatic carbocycles. The summed E-state index contributed by atoms with van der Waals surface area (Å²) in [5, 5.41) is 13.1. The van der Waals surface area contributed by atoms with Gasteiger partial charge in [0.15, 0.2) is 0 Å². The first kappa shape index (κ1) is 18.1. The second kappa shape index (κ2) is 7.30. The standard InChI is InChI=1S/C21H22FNO3/c1-4-13-10-17-18(11-15(13)9-12(2)24)26-20(19(17)21(25)23-3)14-5-7-16(22)8-6-14/h5-8,10-12,24H,4,9H2,1-3H3,(H,23,25). The molecule has 0 aliphatic heterocycles. The van der Waals surface area contributed by atoms with Crippen molar-refractivity contribution in [3.63, 3.8) is 0 Å². The molecule has 0 saturated heterocycles. The molecule has 2 N–H and O–H groups in total. The van der Waals surface area contributed by atoms with Crippen LogP contribution in [-0.4, -0.2) is 24.2 Å². The van der Waals surface area contributed by atoms with E-state index in [9.17, 15) is 14.3 Å². The Hall–Kier alpha value is -2.66. The highest BCUT2D eigenvalue weighted by Crippen LogP contribution is 2.35. The van der Waals surface area contributed by atoms with Crippen LogP contribution < -0.4 is 5.32 Å². The quantitative estimate of drug-likeness (QED) is 0.725. The number of carbonyl (C=O) groups is 1. The number of nitrogens with one attached hydrogen (secondary N) is 1. The first-order chi connectivity index (χ1) is 12.4. The van der Waals surface area contributed by atoms with E-state index in [0.717, 1.165) is 22.9 Å². The third-order valence-corrected chi connectivity index (χ3v) is 4.47. The number of aliphatic hydroxyl groups is 1. The van der Waals surface area contributed by atoms with Crippen molar-refractivity contribution in [1.82, 2.24) is 5.32 Å².